The molecule has 1 N–H and O–H groups in total. The molecule has 0 aliphatic carbocycles. The molecule has 0 unspecified atom stereocenters. The first-order valence-corrected chi connectivity index (χ1v) is 8.07. The Morgan fingerprint density at radius 1 is 1.23 bits per heavy atom. The van der Waals surface area contributed by atoms with Crippen molar-refractivity contribution in [3.8, 4) is 0 Å². The molecule has 3 heterocycles. The normalized spacial score (nSPS) is 15.0. The third-order valence-corrected chi connectivity index (χ3v) is 3.99. The van der Waals surface area contributed by atoms with Gasteiger partial charge in [0.25, 0.3) is 0 Å². The number of hydrogen-bond donors (Lipinski definition) is 1. The minimum Gasteiger partial charge on any atom is -0.438 e. The average molecular weight is 364 g/mol. The lowest BCUT2D eigenvalue weighted by atomic mass is 10.4. The lowest BCUT2D eigenvalue weighted by Crippen LogP contribution is -2.17. The van der Waals surface area contributed by atoms with Crippen LogP contribution in [0.25, 0.3) is 0 Å². The van der Waals surface area contributed by atoms with Crippen LogP contribution in [0.3, 0.4) is 0 Å². The third-order valence-electron chi connectivity index (χ3n) is 3.42. The number of furan rings is 1. The van der Waals surface area contributed by atoms with Crippen molar-refractivity contribution >= 4 is 34.0 Å². The van der Waals surface area contributed by atoms with Gasteiger partial charge < -0.3 is 9.32 Å². The lowest BCUT2D eigenvalue weighted by molar-refractivity contribution is 0.549. The highest BCUT2D eigenvalue weighted by Crippen LogP contribution is 2.31. The molecule has 1 fully saturated rings. The molecule has 0 aromatic carbocycles. The fourth-order valence-electron chi connectivity index (χ4n) is 2.51. The fraction of sp³-hybridized carbons (Fsp3) is 0.400. The minimum atomic E-state index is 0.485. The molecular formula is C15H18BrN5O. The van der Waals surface area contributed by atoms with Crippen LogP contribution < -0.4 is 10.3 Å². The highest BCUT2D eigenvalue weighted by molar-refractivity contribution is 9.10. The molecule has 22 heavy (non-hydrogen) atoms. The summed E-state index contributed by atoms with van der Waals surface area (Å²) in [4.78, 5) is 10.8. The third kappa shape index (κ3) is 3.47. The summed E-state index contributed by atoms with van der Waals surface area (Å²) in [6, 6.07) is 3.84. The Kier molecular flexibility index (Phi) is 4.42. The zero-order chi connectivity index (χ0) is 15.5. The lowest BCUT2D eigenvalue weighted by Gasteiger charge is -2.13. The molecular weight excluding hydrogens is 346 g/mol. The van der Waals surface area contributed by atoms with Crippen LogP contribution in [-0.2, 0) is 0 Å². The maximum absolute atomic E-state index is 5.83. The van der Waals surface area contributed by atoms with Crippen LogP contribution in [0.4, 0.5) is 11.8 Å². The van der Waals surface area contributed by atoms with Gasteiger partial charge in [-0.15, -0.1) is 0 Å². The van der Waals surface area contributed by atoms with Crippen molar-refractivity contribution in [2.75, 3.05) is 23.4 Å². The van der Waals surface area contributed by atoms with Crippen LogP contribution in [0.1, 0.15) is 30.0 Å². The zero-order valence-electron chi connectivity index (χ0n) is 12.6. The predicted molar refractivity (Wildman–Crippen MR) is 90.6 cm³/mol. The topological polar surface area (TPSA) is 66.6 Å². The van der Waals surface area contributed by atoms with Gasteiger partial charge in [-0.05, 0) is 48.7 Å². The van der Waals surface area contributed by atoms with Gasteiger partial charge in [-0.25, -0.2) is 15.4 Å². The molecule has 2 aromatic heterocycles. The zero-order valence-corrected chi connectivity index (χ0v) is 14.2. The molecule has 0 amide bonds. The van der Waals surface area contributed by atoms with E-state index in [0.29, 0.717) is 11.7 Å². The number of aromatic nitrogens is 2. The van der Waals surface area contributed by atoms with E-state index in [1.807, 2.05) is 26.0 Å². The number of nitrogens with zero attached hydrogens (tertiary/aromatic N) is 4. The minimum absolute atomic E-state index is 0.485. The summed E-state index contributed by atoms with van der Waals surface area (Å²) in [5.74, 6) is 2.05. The fourth-order valence-corrected chi connectivity index (χ4v) is 3.06. The predicted octanol–water partition coefficient (Wildman–Crippen LogP) is 3.50. The van der Waals surface area contributed by atoms with Crippen molar-refractivity contribution in [2.24, 2.45) is 5.10 Å². The molecule has 1 saturated heterocycles. The first-order chi connectivity index (χ1) is 10.6. The maximum atomic E-state index is 5.83. The van der Waals surface area contributed by atoms with E-state index >= 15 is 0 Å². The second-order valence-electron chi connectivity index (χ2n) is 5.34. The van der Waals surface area contributed by atoms with Crippen LogP contribution in [0.5, 0.6) is 0 Å². The highest BCUT2D eigenvalue weighted by Gasteiger charge is 2.19. The number of nitrogens with one attached hydrogen (secondary N) is 1. The average Bonchev–Trinajstić information content (AvgIpc) is 3.07. The van der Waals surface area contributed by atoms with Gasteiger partial charge in [-0.1, -0.05) is 0 Å². The van der Waals surface area contributed by atoms with Crippen LogP contribution in [0, 0.1) is 13.8 Å². The van der Waals surface area contributed by atoms with Crippen molar-refractivity contribution in [3.63, 3.8) is 0 Å². The standard InChI is InChI=1S/C15H18BrN5O/c1-10-7-11(2)19-15(18-10)20-17-9-12-8-13(16)14(22-12)21-5-3-4-6-21/h7-9H,3-6H2,1-2H3,(H,18,19,20)/b17-9+. The van der Waals surface area contributed by atoms with Gasteiger partial charge in [0.1, 0.15) is 0 Å². The molecule has 1 aliphatic heterocycles. The van der Waals surface area contributed by atoms with Gasteiger partial charge in [-0.2, -0.15) is 5.10 Å². The molecule has 3 rings (SSSR count). The quantitative estimate of drug-likeness (QED) is 0.665. The summed E-state index contributed by atoms with van der Waals surface area (Å²) in [7, 11) is 0. The maximum Gasteiger partial charge on any atom is 0.243 e. The van der Waals surface area contributed by atoms with Crippen molar-refractivity contribution < 1.29 is 4.42 Å². The van der Waals surface area contributed by atoms with E-state index in [9.17, 15) is 0 Å². The second kappa shape index (κ2) is 6.48. The monoisotopic (exact) mass is 363 g/mol. The van der Waals surface area contributed by atoms with Gasteiger partial charge in [0.2, 0.25) is 11.8 Å². The van der Waals surface area contributed by atoms with Crippen molar-refractivity contribution in [1.82, 2.24) is 9.97 Å². The van der Waals surface area contributed by atoms with Crippen LogP contribution in [-0.4, -0.2) is 29.3 Å². The summed E-state index contributed by atoms with van der Waals surface area (Å²) in [6.45, 7) is 5.93. The highest BCUT2D eigenvalue weighted by atomic mass is 79.9. The second-order valence-corrected chi connectivity index (χ2v) is 6.19. The summed E-state index contributed by atoms with van der Waals surface area (Å²) in [5.41, 5.74) is 4.64. The molecule has 2 aromatic rings. The van der Waals surface area contributed by atoms with Gasteiger partial charge in [0, 0.05) is 30.5 Å². The van der Waals surface area contributed by atoms with Gasteiger partial charge in [-0.3, -0.25) is 0 Å². The van der Waals surface area contributed by atoms with Crippen LogP contribution >= 0.6 is 15.9 Å². The molecule has 0 spiro atoms. The van der Waals surface area contributed by atoms with Crippen molar-refractivity contribution in [2.45, 2.75) is 26.7 Å². The number of anilines is 2. The molecule has 0 radical (unpaired) electrons. The van der Waals surface area contributed by atoms with E-state index in [2.05, 4.69) is 41.3 Å². The number of hydrogen-bond acceptors (Lipinski definition) is 6. The Balaban J connectivity index is 1.68. The number of halogens is 1. The van der Waals surface area contributed by atoms with Crippen molar-refractivity contribution in [3.05, 3.63) is 33.8 Å². The number of aryl methyl sites for hydroxylation is 2. The summed E-state index contributed by atoms with van der Waals surface area (Å²) < 4.78 is 6.79. The largest absolute Gasteiger partial charge is 0.438 e. The Morgan fingerprint density at radius 2 is 1.91 bits per heavy atom. The Bertz CT molecular complexity index is 671. The van der Waals surface area contributed by atoms with Gasteiger partial charge in [0.05, 0.1) is 10.7 Å². The molecule has 0 atom stereocenters. The Labute approximate surface area is 137 Å². The summed E-state index contributed by atoms with van der Waals surface area (Å²) in [6.07, 6.45) is 4.05. The molecule has 0 bridgehead atoms. The Hall–Kier alpha value is -1.89. The molecule has 7 heteroatoms. The first-order valence-electron chi connectivity index (χ1n) is 7.27. The van der Waals surface area contributed by atoms with E-state index < -0.39 is 0 Å². The molecule has 116 valence electrons. The van der Waals surface area contributed by atoms with E-state index in [1.165, 1.54) is 12.8 Å². The molecule has 0 saturated carbocycles. The van der Waals surface area contributed by atoms with Gasteiger partial charge >= 0.3 is 0 Å². The smallest absolute Gasteiger partial charge is 0.243 e. The number of rotatable bonds is 4. The van der Waals surface area contributed by atoms with Gasteiger partial charge in [0.15, 0.2) is 5.76 Å². The van der Waals surface area contributed by atoms with Crippen LogP contribution in [0.2, 0.25) is 0 Å². The first kappa shape index (κ1) is 15.0. The van der Waals surface area contributed by atoms with Crippen molar-refractivity contribution in [1.29, 1.82) is 0 Å². The SMILES string of the molecule is Cc1cc(C)nc(N/N=C/c2cc(Br)c(N3CCCC3)o2)n1. The van der Waals surface area contributed by atoms with E-state index in [0.717, 1.165) is 34.8 Å². The summed E-state index contributed by atoms with van der Waals surface area (Å²) in [5, 5.41) is 4.14. The molecule has 6 nitrogen and oxygen atoms in total. The van der Waals surface area contributed by atoms with E-state index in [4.69, 9.17) is 4.42 Å². The van der Waals surface area contributed by atoms with Crippen LogP contribution in [0.15, 0.2) is 26.1 Å². The Morgan fingerprint density at radius 3 is 2.59 bits per heavy atom. The van der Waals surface area contributed by atoms with E-state index in [1.54, 1.807) is 6.21 Å². The summed E-state index contributed by atoms with van der Waals surface area (Å²) >= 11 is 3.54. The van der Waals surface area contributed by atoms with E-state index in [-0.39, 0.29) is 0 Å². The molecule has 1 aliphatic rings. The number of hydrazone groups is 1.